The molecule has 116 valence electrons. The summed E-state index contributed by atoms with van der Waals surface area (Å²) in [5, 5.41) is 3.21. The van der Waals surface area contributed by atoms with Gasteiger partial charge in [-0.3, -0.25) is 0 Å². The third-order valence-electron chi connectivity index (χ3n) is 3.80. The molecule has 1 saturated heterocycles. The highest BCUT2D eigenvalue weighted by atomic mass is 19.1. The summed E-state index contributed by atoms with van der Waals surface area (Å²) in [6, 6.07) is 5.37. The first-order valence-corrected chi connectivity index (χ1v) is 7.13. The topological polar surface area (TPSA) is 67.1 Å². The number of halogens is 2. The van der Waals surface area contributed by atoms with Crippen LogP contribution in [0.1, 0.15) is 6.42 Å². The van der Waals surface area contributed by atoms with Gasteiger partial charge in [0.05, 0.1) is 5.69 Å². The van der Waals surface area contributed by atoms with Crippen LogP contribution in [0.25, 0.3) is 0 Å². The minimum absolute atomic E-state index is 0.362. The average Bonchev–Trinajstić information content (AvgIpc) is 2.94. The molecule has 1 aliphatic rings. The maximum absolute atomic E-state index is 13.8. The highest BCUT2D eigenvalue weighted by Gasteiger charge is 2.24. The maximum Gasteiger partial charge on any atom is 0.149 e. The van der Waals surface area contributed by atoms with Crippen LogP contribution in [0.3, 0.4) is 0 Å². The Hall–Kier alpha value is -2.44. The molecule has 0 amide bonds. The van der Waals surface area contributed by atoms with Crippen molar-refractivity contribution in [2.45, 2.75) is 6.42 Å². The summed E-state index contributed by atoms with van der Waals surface area (Å²) in [7, 11) is 0. The molecule has 2 aromatic rings. The van der Waals surface area contributed by atoms with Gasteiger partial charge in [-0.25, -0.2) is 18.7 Å². The average molecular weight is 305 g/mol. The van der Waals surface area contributed by atoms with Crippen LogP contribution in [0.5, 0.6) is 0 Å². The lowest BCUT2D eigenvalue weighted by atomic mass is 10.1. The molecule has 0 aliphatic carbocycles. The second kappa shape index (κ2) is 6.13. The molecule has 1 aromatic heterocycles. The van der Waals surface area contributed by atoms with Crippen LogP contribution < -0.4 is 16.0 Å². The number of nitrogens with zero attached hydrogens (tertiary/aromatic N) is 3. The number of hydrogen-bond donors (Lipinski definition) is 2. The van der Waals surface area contributed by atoms with Crippen molar-refractivity contribution in [3.05, 3.63) is 42.2 Å². The summed E-state index contributed by atoms with van der Waals surface area (Å²) in [6.07, 6.45) is 2.34. The van der Waals surface area contributed by atoms with E-state index in [4.69, 9.17) is 5.73 Å². The summed E-state index contributed by atoms with van der Waals surface area (Å²) in [5.74, 6) is 0.385. The molecule has 0 radical (unpaired) electrons. The van der Waals surface area contributed by atoms with Gasteiger partial charge in [0.2, 0.25) is 0 Å². The Morgan fingerprint density at radius 3 is 2.91 bits per heavy atom. The number of nitrogens with one attached hydrogen (secondary N) is 1. The SMILES string of the molecule is Nc1cc(NCC2CCN(c3ccc(F)cc3F)C2)ncn1. The molecule has 1 aromatic carbocycles. The number of nitrogen functional groups attached to an aromatic ring is 1. The Morgan fingerprint density at radius 1 is 1.27 bits per heavy atom. The van der Waals surface area contributed by atoms with Gasteiger partial charge >= 0.3 is 0 Å². The van der Waals surface area contributed by atoms with Crippen LogP contribution in [0.2, 0.25) is 0 Å². The molecule has 2 heterocycles. The van der Waals surface area contributed by atoms with Crippen LogP contribution in [0, 0.1) is 17.6 Å². The van der Waals surface area contributed by atoms with Gasteiger partial charge in [0.15, 0.2) is 0 Å². The van der Waals surface area contributed by atoms with Crippen LogP contribution in [-0.4, -0.2) is 29.6 Å². The van der Waals surface area contributed by atoms with Crippen molar-refractivity contribution in [1.82, 2.24) is 9.97 Å². The molecular formula is C15H17F2N5. The van der Waals surface area contributed by atoms with Gasteiger partial charge in [0, 0.05) is 31.8 Å². The van der Waals surface area contributed by atoms with Gasteiger partial charge in [-0.05, 0) is 24.5 Å². The first kappa shape index (κ1) is 14.5. The molecule has 0 spiro atoms. The number of nitrogens with two attached hydrogens (primary N) is 1. The van der Waals surface area contributed by atoms with E-state index in [1.807, 2.05) is 4.90 Å². The van der Waals surface area contributed by atoms with Crippen LogP contribution in [-0.2, 0) is 0 Å². The van der Waals surface area contributed by atoms with Gasteiger partial charge in [-0.1, -0.05) is 0 Å². The van der Waals surface area contributed by atoms with Crippen LogP contribution >= 0.6 is 0 Å². The van der Waals surface area contributed by atoms with Crippen LogP contribution in [0.15, 0.2) is 30.6 Å². The minimum Gasteiger partial charge on any atom is -0.384 e. The summed E-state index contributed by atoms with van der Waals surface area (Å²) in [6.45, 7) is 2.19. The van der Waals surface area contributed by atoms with Gasteiger partial charge in [0.1, 0.15) is 29.6 Å². The van der Waals surface area contributed by atoms with E-state index in [-0.39, 0.29) is 0 Å². The predicted molar refractivity (Wildman–Crippen MR) is 81.6 cm³/mol. The van der Waals surface area contributed by atoms with E-state index in [9.17, 15) is 8.78 Å². The van der Waals surface area contributed by atoms with E-state index in [1.165, 1.54) is 18.5 Å². The Bertz CT molecular complexity index is 664. The first-order valence-electron chi connectivity index (χ1n) is 7.13. The summed E-state index contributed by atoms with van der Waals surface area (Å²) in [5.41, 5.74) is 6.05. The van der Waals surface area contributed by atoms with Crippen molar-refractivity contribution >= 4 is 17.3 Å². The molecule has 5 nitrogen and oxygen atoms in total. The zero-order chi connectivity index (χ0) is 15.5. The fourth-order valence-corrected chi connectivity index (χ4v) is 2.67. The molecule has 3 N–H and O–H groups in total. The highest BCUT2D eigenvalue weighted by Crippen LogP contribution is 2.27. The molecular weight excluding hydrogens is 288 g/mol. The zero-order valence-corrected chi connectivity index (χ0v) is 12.0. The molecule has 1 atom stereocenters. The molecule has 3 rings (SSSR count). The Balaban J connectivity index is 1.58. The molecule has 7 heteroatoms. The van der Waals surface area contributed by atoms with Crippen molar-refractivity contribution < 1.29 is 8.78 Å². The number of rotatable bonds is 4. The van der Waals surface area contributed by atoms with Gasteiger partial charge in [-0.15, -0.1) is 0 Å². The molecule has 22 heavy (non-hydrogen) atoms. The number of hydrogen-bond acceptors (Lipinski definition) is 5. The number of benzene rings is 1. The fraction of sp³-hybridized carbons (Fsp3) is 0.333. The first-order chi connectivity index (χ1) is 10.6. The molecule has 1 fully saturated rings. The van der Waals surface area contributed by atoms with E-state index >= 15 is 0 Å². The van der Waals surface area contributed by atoms with E-state index in [2.05, 4.69) is 15.3 Å². The van der Waals surface area contributed by atoms with E-state index in [1.54, 1.807) is 6.07 Å². The van der Waals surface area contributed by atoms with E-state index in [0.717, 1.165) is 32.1 Å². The largest absolute Gasteiger partial charge is 0.384 e. The third-order valence-corrected chi connectivity index (χ3v) is 3.80. The van der Waals surface area contributed by atoms with Gasteiger partial charge in [0.25, 0.3) is 0 Å². The van der Waals surface area contributed by atoms with Crippen LogP contribution in [0.4, 0.5) is 26.1 Å². The normalized spacial score (nSPS) is 17.7. The molecule has 0 bridgehead atoms. The Morgan fingerprint density at radius 2 is 2.14 bits per heavy atom. The Kier molecular flexibility index (Phi) is 4.04. The second-order valence-corrected chi connectivity index (χ2v) is 5.41. The van der Waals surface area contributed by atoms with E-state index < -0.39 is 11.6 Å². The number of aromatic nitrogens is 2. The Labute approximate surface area is 127 Å². The lowest BCUT2D eigenvalue weighted by molar-refractivity contribution is 0.579. The van der Waals surface area contributed by atoms with Crippen molar-refractivity contribution in [2.75, 3.05) is 35.6 Å². The minimum atomic E-state index is -0.556. The lowest BCUT2D eigenvalue weighted by Crippen LogP contribution is -2.23. The summed E-state index contributed by atoms with van der Waals surface area (Å²) >= 11 is 0. The van der Waals surface area contributed by atoms with Crippen molar-refractivity contribution in [2.24, 2.45) is 5.92 Å². The predicted octanol–water partition coefficient (Wildman–Crippen LogP) is 2.28. The zero-order valence-electron chi connectivity index (χ0n) is 12.0. The summed E-state index contributed by atoms with van der Waals surface area (Å²) < 4.78 is 26.8. The highest BCUT2D eigenvalue weighted by molar-refractivity contribution is 5.49. The van der Waals surface area contributed by atoms with E-state index in [0.29, 0.717) is 23.2 Å². The van der Waals surface area contributed by atoms with Crippen molar-refractivity contribution in [3.63, 3.8) is 0 Å². The van der Waals surface area contributed by atoms with Crippen molar-refractivity contribution in [3.8, 4) is 0 Å². The van der Waals surface area contributed by atoms with Crippen molar-refractivity contribution in [1.29, 1.82) is 0 Å². The monoisotopic (exact) mass is 305 g/mol. The smallest absolute Gasteiger partial charge is 0.149 e. The standard InChI is InChI=1S/C15H17F2N5/c16-11-1-2-13(12(17)5-11)22-4-3-10(8-22)7-19-15-6-14(18)20-9-21-15/h1-2,5-6,9-10H,3-4,7-8H2,(H3,18,19,20,21). The lowest BCUT2D eigenvalue weighted by Gasteiger charge is -2.19. The summed E-state index contributed by atoms with van der Waals surface area (Å²) in [4.78, 5) is 9.86. The van der Waals surface area contributed by atoms with Gasteiger partial charge in [-0.2, -0.15) is 0 Å². The quantitative estimate of drug-likeness (QED) is 0.907. The molecule has 1 aliphatic heterocycles. The second-order valence-electron chi connectivity index (χ2n) is 5.41. The molecule has 1 unspecified atom stereocenters. The maximum atomic E-state index is 13.8. The third kappa shape index (κ3) is 3.24. The number of anilines is 3. The molecule has 0 saturated carbocycles. The fourth-order valence-electron chi connectivity index (χ4n) is 2.67. The van der Waals surface area contributed by atoms with Gasteiger partial charge < -0.3 is 16.0 Å².